The van der Waals surface area contributed by atoms with Crippen LogP contribution in [0.4, 0.5) is 0 Å². The number of carbonyl (C=O) groups excluding carboxylic acids is 1. The van der Waals surface area contributed by atoms with Crippen LogP contribution in [0.5, 0.6) is 0 Å². The lowest BCUT2D eigenvalue weighted by Crippen LogP contribution is -2.46. The van der Waals surface area contributed by atoms with Gasteiger partial charge in [0.15, 0.2) is 10.8 Å². The summed E-state index contributed by atoms with van der Waals surface area (Å²) in [7, 11) is 0. The quantitative estimate of drug-likeness (QED) is 0.889. The minimum Gasteiger partial charge on any atom is -0.462 e. The molecule has 1 N–H and O–H groups in total. The van der Waals surface area contributed by atoms with Crippen LogP contribution in [0, 0.1) is 0 Å². The molecule has 0 saturated heterocycles. The predicted molar refractivity (Wildman–Crippen MR) is 80.0 cm³/mol. The van der Waals surface area contributed by atoms with Gasteiger partial charge in [0.2, 0.25) is 5.91 Å². The summed E-state index contributed by atoms with van der Waals surface area (Å²) in [5, 5.41) is 11.8. The van der Waals surface area contributed by atoms with Gasteiger partial charge in [0, 0.05) is 18.0 Å². The second-order valence-electron chi connectivity index (χ2n) is 5.19. The first-order valence-corrected chi connectivity index (χ1v) is 8.04. The van der Waals surface area contributed by atoms with Gasteiger partial charge < -0.3 is 14.4 Å². The molecule has 1 saturated carbocycles. The largest absolute Gasteiger partial charge is 0.462 e. The fraction of sp³-hybridized carbons (Fsp3) is 0.467. The first kappa shape index (κ1) is 14.3. The lowest BCUT2D eigenvalue weighted by molar-refractivity contribution is -0.135. The van der Waals surface area contributed by atoms with Gasteiger partial charge in [-0.2, -0.15) is 0 Å². The van der Waals surface area contributed by atoms with Crippen molar-refractivity contribution in [3.05, 3.63) is 29.5 Å². The third-order valence-electron chi connectivity index (χ3n) is 3.79. The number of furan rings is 1. The average Bonchev–Trinajstić information content (AvgIpc) is 3.06. The summed E-state index contributed by atoms with van der Waals surface area (Å²) in [6, 6.07) is 3.98. The van der Waals surface area contributed by atoms with Gasteiger partial charge in [-0.1, -0.05) is 0 Å². The Labute approximate surface area is 127 Å². The van der Waals surface area contributed by atoms with Crippen LogP contribution in [0.3, 0.4) is 0 Å². The molecule has 2 aromatic heterocycles. The van der Waals surface area contributed by atoms with E-state index in [1.54, 1.807) is 11.2 Å². The Morgan fingerprint density at radius 3 is 3.00 bits per heavy atom. The third kappa shape index (κ3) is 3.16. The van der Waals surface area contributed by atoms with Crippen molar-refractivity contribution in [2.75, 3.05) is 13.2 Å². The summed E-state index contributed by atoms with van der Waals surface area (Å²) in [6.45, 7) is 0.426. The van der Waals surface area contributed by atoms with Crippen LogP contribution < -0.4 is 0 Å². The first-order chi connectivity index (χ1) is 10.3. The van der Waals surface area contributed by atoms with Gasteiger partial charge in [-0.15, -0.1) is 11.3 Å². The van der Waals surface area contributed by atoms with Gasteiger partial charge in [-0.05, 0) is 31.4 Å². The highest BCUT2D eigenvalue weighted by atomic mass is 32.1. The highest BCUT2D eigenvalue weighted by Gasteiger charge is 2.28. The van der Waals surface area contributed by atoms with Gasteiger partial charge in [0.25, 0.3) is 0 Å². The molecule has 2 heterocycles. The molecule has 0 aromatic carbocycles. The maximum Gasteiger partial charge on any atom is 0.228 e. The van der Waals surface area contributed by atoms with Crippen LogP contribution in [0.15, 0.2) is 28.2 Å². The number of rotatable bonds is 6. The van der Waals surface area contributed by atoms with E-state index in [1.807, 2.05) is 17.5 Å². The molecule has 2 aromatic rings. The van der Waals surface area contributed by atoms with E-state index < -0.39 is 0 Å². The number of hydrogen-bond acceptors (Lipinski definition) is 5. The van der Waals surface area contributed by atoms with Crippen molar-refractivity contribution in [1.29, 1.82) is 0 Å². The van der Waals surface area contributed by atoms with Crippen molar-refractivity contribution in [2.24, 2.45) is 0 Å². The number of aliphatic hydroxyl groups excluding tert-OH is 1. The van der Waals surface area contributed by atoms with Crippen molar-refractivity contribution in [3.63, 3.8) is 0 Å². The summed E-state index contributed by atoms with van der Waals surface area (Å²) in [5.41, 5.74) is 0.763. The smallest absolute Gasteiger partial charge is 0.228 e. The fourth-order valence-electron chi connectivity index (χ4n) is 2.48. The summed E-state index contributed by atoms with van der Waals surface area (Å²) < 4.78 is 5.31. The Bertz CT molecular complexity index is 590. The molecular formula is C15H18N2O3S. The summed E-state index contributed by atoms with van der Waals surface area (Å²) >= 11 is 1.48. The molecule has 1 aliphatic carbocycles. The van der Waals surface area contributed by atoms with E-state index in [4.69, 9.17) is 9.52 Å². The highest BCUT2D eigenvalue weighted by Crippen LogP contribution is 2.27. The van der Waals surface area contributed by atoms with Crippen molar-refractivity contribution in [1.82, 2.24) is 9.88 Å². The summed E-state index contributed by atoms with van der Waals surface area (Å²) in [6.07, 6.45) is 5.15. The van der Waals surface area contributed by atoms with Crippen molar-refractivity contribution >= 4 is 17.2 Å². The van der Waals surface area contributed by atoms with E-state index in [1.165, 1.54) is 17.8 Å². The van der Waals surface area contributed by atoms with Crippen LogP contribution in [0.25, 0.3) is 10.8 Å². The molecule has 0 bridgehead atoms. The zero-order valence-electron chi connectivity index (χ0n) is 11.7. The maximum absolute atomic E-state index is 12.4. The van der Waals surface area contributed by atoms with Crippen molar-refractivity contribution in [3.8, 4) is 10.8 Å². The lowest BCUT2D eigenvalue weighted by Gasteiger charge is -2.37. The monoisotopic (exact) mass is 306 g/mol. The Kier molecular flexibility index (Phi) is 4.36. The third-order valence-corrected chi connectivity index (χ3v) is 4.70. The second kappa shape index (κ2) is 6.41. The van der Waals surface area contributed by atoms with Gasteiger partial charge >= 0.3 is 0 Å². The van der Waals surface area contributed by atoms with Gasteiger partial charge in [-0.25, -0.2) is 4.98 Å². The molecule has 1 fully saturated rings. The molecule has 0 radical (unpaired) electrons. The molecule has 0 atom stereocenters. The normalized spacial score (nSPS) is 14.9. The zero-order valence-corrected chi connectivity index (χ0v) is 12.5. The van der Waals surface area contributed by atoms with Crippen LogP contribution in [-0.2, 0) is 11.2 Å². The topological polar surface area (TPSA) is 66.6 Å². The number of nitrogens with zero attached hydrogens (tertiary/aromatic N) is 2. The zero-order chi connectivity index (χ0) is 14.7. The molecular weight excluding hydrogens is 288 g/mol. The molecule has 0 aliphatic heterocycles. The predicted octanol–water partition coefficient (Wildman–Crippen LogP) is 2.32. The van der Waals surface area contributed by atoms with Crippen LogP contribution in [0.1, 0.15) is 25.0 Å². The average molecular weight is 306 g/mol. The van der Waals surface area contributed by atoms with E-state index >= 15 is 0 Å². The van der Waals surface area contributed by atoms with Crippen LogP contribution in [-0.4, -0.2) is 40.1 Å². The molecule has 6 heteroatoms. The van der Waals surface area contributed by atoms with Crippen LogP contribution in [0.2, 0.25) is 0 Å². The maximum atomic E-state index is 12.4. The van der Waals surface area contributed by atoms with E-state index in [0.717, 1.165) is 29.3 Å². The number of carbonyl (C=O) groups is 1. The molecule has 1 amide bonds. The number of aliphatic hydroxyl groups is 1. The van der Waals surface area contributed by atoms with E-state index in [-0.39, 0.29) is 18.9 Å². The van der Waals surface area contributed by atoms with Gasteiger partial charge in [0.1, 0.15) is 0 Å². The Morgan fingerprint density at radius 2 is 2.38 bits per heavy atom. The van der Waals surface area contributed by atoms with E-state index in [9.17, 15) is 4.79 Å². The summed E-state index contributed by atoms with van der Waals surface area (Å²) in [4.78, 5) is 18.6. The molecule has 112 valence electrons. The SMILES string of the molecule is O=C(Cc1csc(-c2ccco2)n1)N(CCO)C1CCC1. The van der Waals surface area contributed by atoms with Gasteiger partial charge in [0.05, 0.1) is 25.0 Å². The standard InChI is InChI=1S/C15H18N2O3S/c18-7-6-17(12-3-1-4-12)14(19)9-11-10-21-15(16-11)13-5-2-8-20-13/h2,5,8,10,12,18H,1,3-4,6-7,9H2. The van der Waals surface area contributed by atoms with Crippen LogP contribution >= 0.6 is 11.3 Å². The van der Waals surface area contributed by atoms with Crippen molar-refractivity contribution in [2.45, 2.75) is 31.7 Å². The van der Waals surface area contributed by atoms with E-state index in [0.29, 0.717) is 12.6 Å². The molecule has 5 nitrogen and oxygen atoms in total. The molecule has 21 heavy (non-hydrogen) atoms. The number of amides is 1. The summed E-state index contributed by atoms with van der Waals surface area (Å²) in [5.74, 6) is 0.773. The number of thiazole rings is 1. The number of aromatic nitrogens is 1. The minimum atomic E-state index is 0.0109. The molecule has 1 aliphatic rings. The van der Waals surface area contributed by atoms with Crippen molar-refractivity contribution < 1.29 is 14.3 Å². The molecule has 3 rings (SSSR count). The highest BCUT2D eigenvalue weighted by molar-refractivity contribution is 7.13. The lowest BCUT2D eigenvalue weighted by atomic mass is 9.91. The van der Waals surface area contributed by atoms with Gasteiger partial charge in [-0.3, -0.25) is 4.79 Å². The Morgan fingerprint density at radius 1 is 1.52 bits per heavy atom. The second-order valence-corrected chi connectivity index (χ2v) is 6.05. The Balaban J connectivity index is 1.66. The van der Waals surface area contributed by atoms with E-state index in [2.05, 4.69) is 4.98 Å². The number of hydrogen-bond donors (Lipinski definition) is 1. The molecule has 0 unspecified atom stereocenters. The fourth-order valence-corrected chi connectivity index (χ4v) is 3.26. The minimum absolute atomic E-state index is 0.0109. The first-order valence-electron chi connectivity index (χ1n) is 7.16. The Hall–Kier alpha value is -1.66. The molecule has 0 spiro atoms.